The Morgan fingerprint density at radius 3 is 2.32 bits per heavy atom. The molecule has 1 aromatic carbocycles. The largest absolute Gasteiger partial charge is 0.338 e. The quantitative estimate of drug-likeness (QED) is 0.881. The van der Waals surface area contributed by atoms with E-state index in [1.807, 2.05) is 0 Å². The molecular weight excluding hydrogens is 306 g/mol. The first-order chi connectivity index (χ1) is 8.86. The first-order valence-corrected chi connectivity index (χ1v) is 8.70. The molecule has 0 saturated heterocycles. The van der Waals surface area contributed by atoms with Gasteiger partial charge in [-0.3, -0.25) is 0 Å². The summed E-state index contributed by atoms with van der Waals surface area (Å²) in [5.74, 6) is 0.325. The molecule has 8 heteroatoms. The highest BCUT2D eigenvalue weighted by atomic mass is 35.5. The van der Waals surface area contributed by atoms with Crippen LogP contribution in [0.25, 0.3) is 0 Å². The van der Waals surface area contributed by atoms with Crippen molar-refractivity contribution in [1.29, 1.82) is 0 Å². The van der Waals surface area contributed by atoms with Gasteiger partial charge in [0.25, 0.3) is 0 Å². The average Bonchev–Trinajstić information content (AvgIpc) is 2.33. The smallest absolute Gasteiger partial charge is 0.245 e. The van der Waals surface area contributed by atoms with Crippen molar-refractivity contribution < 1.29 is 4.57 Å². The summed E-state index contributed by atoms with van der Waals surface area (Å²) in [4.78, 5) is 3.93. The van der Waals surface area contributed by atoms with E-state index >= 15 is 0 Å². The molecule has 1 aromatic heterocycles. The Balaban J connectivity index is 2.25. The molecule has 100 valence electrons. The fraction of sp³-hybridized carbons (Fsp3) is 0.182. The van der Waals surface area contributed by atoms with Gasteiger partial charge in [-0.1, -0.05) is 11.6 Å². The van der Waals surface area contributed by atoms with Gasteiger partial charge in [-0.2, -0.15) is 4.98 Å². The van der Waals surface area contributed by atoms with Gasteiger partial charge in [0, 0.05) is 11.0 Å². The molecule has 1 heterocycles. The maximum atomic E-state index is 11.9. The van der Waals surface area contributed by atoms with E-state index < -0.39 is 7.14 Å². The van der Waals surface area contributed by atoms with Crippen LogP contribution in [-0.2, 0) is 4.57 Å². The number of nitrogens with zero attached hydrogens (tertiary/aromatic N) is 3. The average molecular weight is 317 g/mol. The van der Waals surface area contributed by atoms with E-state index in [9.17, 15) is 4.57 Å². The zero-order valence-corrected chi connectivity index (χ0v) is 12.7. The summed E-state index contributed by atoms with van der Waals surface area (Å²) in [6.45, 7) is 3.45. The van der Waals surface area contributed by atoms with Crippen LogP contribution in [0, 0.1) is 0 Å². The summed E-state index contributed by atoms with van der Waals surface area (Å²) in [6.07, 6.45) is 0. The van der Waals surface area contributed by atoms with Crippen molar-refractivity contribution >= 4 is 47.2 Å². The zero-order valence-electron chi connectivity index (χ0n) is 10.3. The highest BCUT2D eigenvalue weighted by Gasteiger charge is 2.11. The Bertz CT molecular complexity index is 642. The Morgan fingerprint density at radius 1 is 1.11 bits per heavy atom. The monoisotopic (exact) mass is 316 g/mol. The van der Waals surface area contributed by atoms with E-state index in [1.165, 1.54) is 0 Å². The van der Waals surface area contributed by atoms with Crippen molar-refractivity contribution in [2.24, 2.45) is 0 Å². The summed E-state index contributed by atoms with van der Waals surface area (Å²) in [7, 11) is -2.25. The lowest BCUT2D eigenvalue weighted by molar-refractivity contribution is 0.588. The summed E-state index contributed by atoms with van der Waals surface area (Å²) >= 11 is 11.5. The van der Waals surface area contributed by atoms with Crippen LogP contribution >= 0.6 is 30.3 Å². The van der Waals surface area contributed by atoms with Crippen molar-refractivity contribution in [2.75, 3.05) is 18.6 Å². The number of rotatable bonds is 3. The summed E-state index contributed by atoms with van der Waals surface area (Å²) < 4.78 is 11.9. The fourth-order valence-electron chi connectivity index (χ4n) is 1.41. The summed E-state index contributed by atoms with van der Waals surface area (Å²) in [5.41, 5.74) is 0.746. The Labute approximate surface area is 120 Å². The summed E-state index contributed by atoms with van der Waals surface area (Å²) in [5, 5.41) is 11.1. The highest BCUT2D eigenvalue weighted by Crippen LogP contribution is 2.34. The molecule has 0 spiro atoms. The van der Waals surface area contributed by atoms with E-state index in [0.29, 0.717) is 5.82 Å². The van der Waals surface area contributed by atoms with E-state index in [1.54, 1.807) is 37.6 Å². The minimum atomic E-state index is -2.25. The highest BCUT2D eigenvalue weighted by molar-refractivity contribution is 7.70. The number of nitrogens with one attached hydrogen (secondary N) is 1. The molecule has 0 unspecified atom stereocenters. The third-order valence-electron chi connectivity index (χ3n) is 2.37. The van der Waals surface area contributed by atoms with Crippen LogP contribution in [0.3, 0.4) is 0 Å². The van der Waals surface area contributed by atoms with Crippen LogP contribution in [-0.4, -0.2) is 28.5 Å². The van der Waals surface area contributed by atoms with Gasteiger partial charge in [-0.25, -0.2) is 0 Å². The van der Waals surface area contributed by atoms with Crippen molar-refractivity contribution in [2.45, 2.75) is 0 Å². The molecule has 19 heavy (non-hydrogen) atoms. The number of hydrogen-bond acceptors (Lipinski definition) is 5. The molecule has 0 bridgehead atoms. The molecule has 0 aliphatic rings. The van der Waals surface area contributed by atoms with Gasteiger partial charge in [0.15, 0.2) is 11.0 Å². The minimum Gasteiger partial charge on any atom is -0.338 e. The molecule has 0 atom stereocenters. The lowest BCUT2D eigenvalue weighted by Crippen LogP contribution is -2.03. The second-order valence-corrected chi connectivity index (χ2v) is 8.16. The van der Waals surface area contributed by atoms with Gasteiger partial charge in [-0.15, -0.1) is 10.2 Å². The van der Waals surface area contributed by atoms with Gasteiger partial charge in [0.05, 0.1) is 0 Å². The van der Waals surface area contributed by atoms with E-state index in [0.717, 1.165) is 11.0 Å². The van der Waals surface area contributed by atoms with Gasteiger partial charge < -0.3 is 9.88 Å². The molecular formula is C11H11Cl2N4OP. The van der Waals surface area contributed by atoms with Crippen molar-refractivity contribution in [1.82, 2.24) is 15.2 Å². The lowest BCUT2D eigenvalue weighted by Gasteiger charge is -2.09. The van der Waals surface area contributed by atoms with Crippen molar-refractivity contribution in [3.05, 3.63) is 34.7 Å². The minimum absolute atomic E-state index is 0.00939. The molecule has 0 radical (unpaired) electrons. The third-order valence-corrected chi connectivity index (χ3v) is 4.33. The van der Waals surface area contributed by atoms with Crippen LogP contribution in [0.15, 0.2) is 24.3 Å². The molecule has 5 nitrogen and oxygen atoms in total. The van der Waals surface area contributed by atoms with Gasteiger partial charge in [0.1, 0.15) is 7.14 Å². The van der Waals surface area contributed by atoms with E-state index in [2.05, 4.69) is 20.5 Å². The SMILES string of the molecule is CP(C)(=O)c1ccc(Nc2nc(Cl)nnc2Cl)cc1. The predicted molar refractivity (Wildman–Crippen MR) is 78.7 cm³/mol. The Hall–Kier alpha value is -1.16. The Morgan fingerprint density at radius 2 is 1.74 bits per heavy atom. The molecule has 0 aliphatic carbocycles. The van der Waals surface area contributed by atoms with Crippen LogP contribution in [0.2, 0.25) is 10.4 Å². The predicted octanol–water partition coefficient (Wildman–Crippen LogP) is 3.17. The van der Waals surface area contributed by atoms with Crippen molar-refractivity contribution in [3.63, 3.8) is 0 Å². The van der Waals surface area contributed by atoms with E-state index in [-0.39, 0.29) is 10.4 Å². The summed E-state index contributed by atoms with van der Waals surface area (Å²) in [6, 6.07) is 7.18. The van der Waals surface area contributed by atoms with Crippen LogP contribution in [0.1, 0.15) is 0 Å². The number of anilines is 2. The third kappa shape index (κ3) is 3.66. The topological polar surface area (TPSA) is 67.8 Å². The second kappa shape index (κ2) is 5.45. The number of hydrogen-bond donors (Lipinski definition) is 1. The van der Waals surface area contributed by atoms with Crippen molar-refractivity contribution in [3.8, 4) is 0 Å². The molecule has 2 rings (SSSR count). The van der Waals surface area contributed by atoms with Gasteiger partial charge >= 0.3 is 0 Å². The first kappa shape index (κ1) is 14.3. The molecule has 0 amide bonds. The maximum Gasteiger partial charge on any atom is 0.245 e. The van der Waals surface area contributed by atoms with Crippen LogP contribution < -0.4 is 10.6 Å². The Kier molecular flexibility index (Phi) is 4.09. The molecule has 0 fully saturated rings. The molecule has 2 aromatic rings. The van der Waals surface area contributed by atoms with Crippen LogP contribution in [0.4, 0.5) is 11.5 Å². The number of halogens is 2. The maximum absolute atomic E-state index is 11.9. The molecule has 1 N–H and O–H groups in total. The van der Waals surface area contributed by atoms with Gasteiger partial charge in [-0.05, 0) is 49.2 Å². The normalized spacial score (nSPS) is 11.4. The molecule has 0 saturated carbocycles. The molecule has 0 aliphatic heterocycles. The second-order valence-electron chi connectivity index (χ2n) is 4.24. The number of benzene rings is 1. The number of aromatic nitrogens is 3. The van der Waals surface area contributed by atoms with E-state index in [4.69, 9.17) is 23.2 Å². The first-order valence-electron chi connectivity index (χ1n) is 5.34. The van der Waals surface area contributed by atoms with Crippen LogP contribution in [0.5, 0.6) is 0 Å². The standard InChI is InChI=1S/C11H11Cl2N4OP/c1-19(2,18)8-5-3-7(4-6-8)14-10-9(12)16-17-11(13)15-10/h3-6H,1-2H3,(H,14,15,17). The van der Waals surface area contributed by atoms with Gasteiger partial charge in [0.2, 0.25) is 5.28 Å². The fourth-order valence-corrected chi connectivity index (χ4v) is 2.53. The lowest BCUT2D eigenvalue weighted by atomic mass is 10.3. The zero-order chi connectivity index (χ0) is 14.0.